The van der Waals surface area contributed by atoms with Crippen LogP contribution in [0.25, 0.3) is 0 Å². The lowest BCUT2D eigenvalue weighted by atomic mass is 9.87. The molecule has 0 radical (unpaired) electrons. The van der Waals surface area contributed by atoms with Crippen LogP contribution in [0, 0.1) is 5.92 Å². The van der Waals surface area contributed by atoms with E-state index in [4.69, 9.17) is 5.73 Å². The van der Waals surface area contributed by atoms with Gasteiger partial charge in [0.05, 0.1) is 6.67 Å². The van der Waals surface area contributed by atoms with Crippen LogP contribution in [0.4, 0.5) is 4.39 Å². The van der Waals surface area contributed by atoms with Crippen LogP contribution in [0.1, 0.15) is 25.7 Å². The molecule has 0 bridgehead atoms. The molecule has 14 heavy (non-hydrogen) atoms. The molecule has 2 fully saturated rings. The molecule has 1 aliphatic carbocycles. The normalized spacial score (nSPS) is 34.7. The minimum atomic E-state index is -0.136. The van der Waals surface area contributed by atoms with Crippen LogP contribution in [0.3, 0.4) is 0 Å². The predicted octanol–water partition coefficient (Wildman–Crippen LogP) is 1.58. The lowest BCUT2D eigenvalue weighted by Crippen LogP contribution is -2.54. The van der Waals surface area contributed by atoms with Crippen molar-refractivity contribution in [3.05, 3.63) is 0 Å². The van der Waals surface area contributed by atoms with Crippen LogP contribution >= 0.6 is 12.4 Å². The SMILES string of the molecule is Cl.NC1CCC(N2CC(CF)C2)CC1. The summed E-state index contributed by atoms with van der Waals surface area (Å²) in [5.74, 6) is 0.329. The molecule has 4 heteroatoms. The summed E-state index contributed by atoms with van der Waals surface area (Å²) in [5, 5.41) is 0. The van der Waals surface area contributed by atoms with E-state index in [1.165, 1.54) is 12.8 Å². The van der Waals surface area contributed by atoms with Crippen molar-refractivity contribution >= 4 is 12.4 Å². The Bertz CT molecular complexity index is 166. The maximum absolute atomic E-state index is 12.2. The summed E-state index contributed by atoms with van der Waals surface area (Å²) in [6.07, 6.45) is 4.75. The van der Waals surface area contributed by atoms with E-state index in [1.54, 1.807) is 0 Å². The highest BCUT2D eigenvalue weighted by Crippen LogP contribution is 2.28. The molecule has 1 saturated heterocycles. The Balaban J connectivity index is 0.000000980. The van der Waals surface area contributed by atoms with Crippen LogP contribution in [-0.2, 0) is 0 Å². The van der Waals surface area contributed by atoms with Gasteiger partial charge in [0.1, 0.15) is 0 Å². The predicted molar refractivity (Wildman–Crippen MR) is 58.5 cm³/mol. The summed E-state index contributed by atoms with van der Waals surface area (Å²) < 4.78 is 12.2. The molecule has 1 saturated carbocycles. The first kappa shape index (κ1) is 12.2. The summed E-state index contributed by atoms with van der Waals surface area (Å²) in [7, 11) is 0. The van der Waals surface area contributed by atoms with Gasteiger partial charge >= 0.3 is 0 Å². The Hall–Kier alpha value is 0.140. The van der Waals surface area contributed by atoms with Gasteiger partial charge in [-0.15, -0.1) is 12.4 Å². The van der Waals surface area contributed by atoms with E-state index in [0.717, 1.165) is 25.9 Å². The van der Waals surface area contributed by atoms with E-state index in [9.17, 15) is 4.39 Å². The molecule has 2 N–H and O–H groups in total. The molecule has 0 aromatic rings. The molecule has 84 valence electrons. The molecule has 0 amide bonds. The minimum Gasteiger partial charge on any atom is -0.328 e. The topological polar surface area (TPSA) is 29.3 Å². The van der Waals surface area contributed by atoms with Crippen LogP contribution in [-0.4, -0.2) is 36.7 Å². The Morgan fingerprint density at radius 1 is 1.14 bits per heavy atom. The van der Waals surface area contributed by atoms with Gasteiger partial charge in [-0.3, -0.25) is 9.29 Å². The lowest BCUT2D eigenvalue weighted by molar-refractivity contribution is 0.0218. The van der Waals surface area contributed by atoms with Crippen molar-refractivity contribution in [3.63, 3.8) is 0 Å². The van der Waals surface area contributed by atoms with Gasteiger partial charge < -0.3 is 5.73 Å². The molecule has 0 aromatic carbocycles. The fourth-order valence-corrected chi connectivity index (χ4v) is 2.47. The van der Waals surface area contributed by atoms with E-state index < -0.39 is 0 Å². The molecule has 0 unspecified atom stereocenters. The minimum absolute atomic E-state index is 0. The summed E-state index contributed by atoms with van der Waals surface area (Å²) in [6, 6.07) is 1.14. The number of rotatable bonds is 2. The Morgan fingerprint density at radius 2 is 1.71 bits per heavy atom. The molecule has 0 atom stereocenters. The summed E-state index contributed by atoms with van der Waals surface area (Å²) >= 11 is 0. The van der Waals surface area contributed by atoms with Gasteiger partial charge in [-0.2, -0.15) is 0 Å². The van der Waals surface area contributed by atoms with Crippen LogP contribution in [0.2, 0.25) is 0 Å². The zero-order valence-electron chi connectivity index (χ0n) is 8.49. The van der Waals surface area contributed by atoms with Crippen molar-refractivity contribution in [1.29, 1.82) is 0 Å². The maximum atomic E-state index is 12.2. The second-order valence-electron chi connectivity index (χ2n) is 4.54. The van der Waals surface area contributed by atoms with Gasteiger partial charge in [0.25, 0.3) is 0 Å². The Labute approximate surface area is 91.4 Å². The standard InChI is InChI=1S/C10H19FN2.ClH/c11-5-8-6-13(7-8)10-3-1-9(12)2-4-10;/h8-10H,1-7,12H2;1H. The lowest BCUT2D eigenvalue weighted by Gasteiger charge is -2.45. The van der Waals surface area contributed by atoms with E-state index >= 15 is 0 Å². The fraction of sp³-hybridized carbons (Fsp3) is 1.00. The first-order chi connectivity index (χ1) is 6.29. The maximum Gasteiger partial charge on any atom is 0.0947 e. The van der Waals surface area contributed by atoms with Gasteiger partial charge in [0.2, 0.25) is 0 Å². The largest absolute Gasteiger partial charge is 0.328 e. The number of halogens is 2. The molecule has 2 aliphatic rings. The zero-order chi connectivity index (χ0) is 9.26. The molecular weight excluding hydrogens is 203 g/mol. The van der Waals surface area contributed by atoms with E-state index in [-0.39, 0.29) is 19.1 Å². The van der Waals surface area contributed by atoms with Crippen molar-refractivity contribution in [2.75, 3.05) is 19.8 Å². The number of hydrogen-bond acceptors (Lipinski definition) is 2. The van der Waals surface area contributed by atoms with Gasteiger partial charge in [0, 0.05) is 31.1 Å². The third-order valence-electron chi connectivity index (χ3n) is 3.46. The van der Waals surface area contributed by atoms with Gasteiger partial charge in [0.15, 0.2) is 0 Å². The number of alkyl halides is 1. The van der Waals surface area contributed by atoms with Gasteiger partial charge in [-0.05, 0) is 25.7 Å². The number of hydrogen-bond donors (Lipinski definition) is 1. The fourth-order valence-electron chi connectivity index (χ4n) is 2.47. The quantitative estimate of drug-likeness (QED) is 0.769. The van der Waals surface area contributed by atoms with Crippen molar-refractivity contribution in [2.45, 2.75) is 37.8 Å². The highest BCUT2D eigenvalue weighted by Gasteiger charge is 2.33. The van der Waals surface area contributed by atoms with Gasteiger partial charge in [-0.25, -0.2) is 0 Å². The average Bonchev–Trinajstić information content (AvgIpc) is 2.06. The second-order valence-corrected chi connectivity index (χ2v) is 4.54. The van der Waals surface area contributed by atoms with E-state index in [0.29, 0.717) is 18.0 Å². The molecule has 2 nitrogen and oxygen atoms in total. The van der Waals surface area contributed by atoms with Crippen molar-refractivity contribution in [3.8, 4) is 0 Å². The monoisotopic (exact) mass is 222 g/mol. The third kappa shape index (κ3) is 2.59. The third-order valence-corrected chi connectivity index (χ3v) is 3.46. The summed E-state index contributed by atoms with van der Waals surface area (Å²) in [4.78, 5) is 2.43. The summed E-state index contributed by atoms with van der Waals surface area (Å²) in [6.45, 7) is 1.83. The first-order valence-corrected chi connectivity index (χ1v) is 5.35. The number of nitrogens with two attached hydrogens (primary N) is 1. The molecular formula is C10H20ClFN2. The Kier molecular flexibility index (Phi) is 4.61. The van der Waals surface area contributed by atoms with Crippen LogP contribution < -0.4 is 5.73 Å². The van der Waals surface area contributed by atoms with Crippen LogP contribution in [0.15, 0.2) is 0 Å². The number of likely N-dealkylation sites (tertiary alicyclic amines) is 1. The molecule has 1 heterocycles. The molecule has 0 aromatic heterocycles. The number of nitrogens with zero attached hydrogens (tertiary/aromatic N) is 1. The smallest absolute Gasteiger partial charge is 0.0947 e. The highest BCUT2D eigenvalue weighted by molar-refractivity contribution is 5.85. The Morgan fingerprint density at radius 3 is 2.21 bits per heavy atom. The average molecular weight is 223 g/mol. The first-order valence-electron chi connectivity index (χ1n) is 5.35. The molecule has 0 spiro atoms. The van der Waals surface area contributed by atoms with E-state index in [2.05, 4.69) is 4.90 Å². The second kappa shape index (κ2) is 5.29. The highest BCUT2D eigenvalue weighted by atomic mass is 35.5. The van der Waals surface area contributed by atoms with Crippen molar-refractivity contribution in [2.24, 2.45) is 11.7 Å². The van der Waals surface area contributed by atoms with Crippen molar-refractivity contribution in [1.82, 2.24) is 4.90 Å². The van der Waals surface area contributed by atoms with Gasteiger partial charge in [-0.1, -0.05) is 0 Å². The van der Waals surface area contributed by atoms with Crippen LogP contribution in [0.5, 0.6) is 0 Å². The molecule has 1 aliphatic heterocycles. The summed E-state index contributed by atoms with van der Waals surface area (Å²) in [5.41, 5.74) is 5.83. The van der Waals surface area contributed by atoms with Crippen molar-refractivity contribution < 1.29 is 4.39 Å². The van der Waals surface area contributed by atoms with E-state index in [1.807, 2.05) is 0 Å². The molecule has 2 rings (SSSR count). The zero-order valence-corrected chi connectivity index (χ0v) is 9.31.